The molecule has 2 aliphatic heterocycles. The van der Waals surface area contributed by atoms with E-state index in [0.29, 0.717) is 31.2 Å². The summed E-state index contributed by atoms with van der Waals surface area (Å²) in [7, 11) is 0. The van der Waals surface area contributed by atoms with E-state index in [2.05, 4.69) is 28.5 Å². The minimum atomic E-state index is -0.752. The third-order valence-corrected chi connectivity index (χ3v) is 6.58. The molecule has 3 aromatic rings. The van der Waals surface area contributed by atoms with Crippen molar-refractivity contribution in [2.45, 2.75) is 44.2 Å². The largest absolute Gasteiger partial charge is 0.381 e. The highest BCUT2D eigenvalue weighted by Gasteiger charge is 2.33. The van der Waals surface area contributed by atoms with Crippen molar-refractivity contribution in [3.8, 4) is 6.07 Å². The first-order valence-electron chi connectivity index (χ1n) is 11.3. The van der Waals surface area contributed by atoms with Crippen LogP contribution in [0.5, 0.6) is 0 Å². The average molecular weight is 443 g/mol. The van der Waals surface area contributed by atoms with E-state index in [-0.39, 0.29) is 5.91 Å². The topological polar surface area (TPSA) is 97.1 Å². The maximum atomic E-state index is 12.8. The molecule has 5 rings (SSSR count). The summed E-state index contributed by atoms with van der Waals surface area (Å²) in [5.41, 5.74) is 4.31. The van der Waals surface area contributed by atoms with E-state index in [9.17, 15) is 10.1 Å². The highest BCUT2D eigenvalue weighted by molar-refractivity contribution is 5.94. The Morgan fingerprint density at radius 3 is 2.88 bits per heavy atom. The Hall–Kier alpha value is -3.34. The number of amides is 1. The molecule has 1 atom stereocenters. The highest BCUT2D eigenvalue weighted by Crippen LogP contribution is 2.32. The number of hydrogen-bond donors (Lipinski definition) is 1. The van der Waals surface area contributed by atoms with E-state index in [1.165, 1.54) is 0 Å². The van der Waals surface area contributed by atoms with Gasteiger partial charge in [-0.15, -0.1) is 0 Å². The highest BCUT2D eigenvalue weighted by atomic mass is 16.5. The Kier molecular flexibility index (Phi) is 5.79. The van der Waals surface area contributed by atoms with Gasteiger partial charge in [0.05, 0.1) is 37.0 Å². The zero-order valence-corrected chi connectivity index (χ0v) is 18.6. The lowest BCUT2D eigenvalue weighted by Gasteiger charge is -2.30. The predicted octanol–water partition coefficient (Wildman–Crippen LogP) is 3.77. The molecule has 1 fully saturated rings. The summed E-state index contributed by atoms with van der Waals surface area (Å²) in [6, 6.07) is 13.9. The molecular formula is C26H26N4O3. The van der Waals surface area contributed by atoms with Gasteiger partial charge in [-0.2, -0.15) is 5.26 Å². The number of nitrogens with one attached hydrogen (secondary N) is 1. The van der Waals surface area contributed by atoms with Crippen molar-refractivity contribution in [2.24, 2.45) is 0 Å². The molecule has 7 heteroatoms. The second kappa shape index (κ2) is 8.89. The second-order valence-electron chi connectivity index (χ2n) is 8.98. The average Bonchev–Trinajstić information content (AvgIpc) is 2.87. The molecule has 1 aromatic carbocycles. The fourth-order valence-electron chi connectivity index (χ4n) is 4.56. The molecule has 0 saturated carbocycles. The molecule has 2 aliphatic rings. The van der Waals surface area contributed by atoms with Crippen LogP contribution in [-0.4, -0.2) is 35.7 Å². The zero-order valence-electron chi connectivity index (χ0n) is 18.6. The van der Waals surface area contributed by atoms with Gasteiger partial charge in [-0.1, -0.05) is 6.07 Å². The molecule has 1 saturated heterocycles. The van der Waals surface area contributed by atoms with Crippen LogP contribution in [0.3, 0.4) is 0 Å². The molecule has 1 N–H and O–H groups in total. The normalized spacial score (nSPS) is 20.7. The minimum absolute atomic E-state index is 0.199. The number of aromatic nitrogens is 2. The third kappa shape index (κ3) is 4.32. The first kappa shape index (κ1) is 21.5. The van der Waals surface area contributed by atoms with Gasteiger partial charge in [0, 0.05) is 42.0 Å². The van der Waals surface area contributed by atoms with Gasteiger partial charge in [-0.3, -0.25) is 14.8 Å². The molecule has 0 spiro atoms. The van der Waals surface area contributed by atoms with Crippen molar-refractivity contribution >= 4 is 16.8 Å². The number of hydrogen-bond acceptors (Lipinski definition) is 6. The fraction of sp³-hybridized carbons (Fsp3) is 0.385. The Morgan fingerprint density at radius 2 is 2.06 bits per heavy atom. The van der Waals surface area contributed by atoms with Crippen LogP contribution in [0.15, 0.2) is 42.6 Å². The van der Waals surface area contributed by atoms with Gasteiger partial charge in [-0.25, -0.2) is 0 Å². The van der Waals surface area contributed by atoms with Crippen LogP contribution in [0.2, 0.25) is 0 Å². The van der Waals surface area contributed by atoms with Crippen LogP contribution in [0.25, 0.3) is 10.9 Å². The van der Waals surface area contributed by atoms with Gasteiger partial charge in [0.1, 0.15) is 5.41 Å². The Morgan fingerprint density at radius 1 is 1.21 bits per heavy atom. The molecule has 1 amide bonds. The predicted molar refractivity (Wildman–Crippen MR) is 123 cm³/mol. The minimum Gasteiger partial charge on any atom is -0.381 e. The van der Waals surface area contributed by atoms with Crippen molar-refractivity contribution in [3.05, 3.63) is 70.7 Å². The summed E-state index contributed by atoms with van der Waals surface area (Å²) in [6.45, 7) is 4.48. The van der Waals surface area contributed by atoms with E-state index in [1.807, 2.05) is 25.1 Å². The number of carbonyl (C=O) groups is 1. The number of benzene rings is 1. The van der Waals surface area contributed by atoms with E-state index in [4.69, 9.17) is 14.5 Å². The van der Waals surface area contributed by atoms with Crippen molar-refractivity contribution in [3.63, 3.8) is 0 Å². The van der Waals surface area contributed by atoms with Gasteiger partial charge in [-0.05, 0) is 61.2 Å². The molecule has 33 heavy (non-hydrogen) atoms. The number of rotatable bonds is 4. The molecule has 0 unspecified atom stereocenters. The van der Waals surface area contributed by atoms with Crippen LogP contribution in [0.4, 0.5) is 0 Å². The van der Waals surface area contributed by atoms with Crippen LogP contribution >= 0.6 is 0 Å². The molecule has 7 nitrogen and oxygen atoms in total. The van der Waals surface area contributed by atoms with E-state index < -0.39 is 5.41 Å². The smallest absolute Gasteiger partial charge is 0.251 e. The van der Waals surface area contributed by atoms with Crippen LogP contribution in [0.1, 0.15) is 58.6 Å². The van der Waals surface area contributed by atoms with E-state index in [0.717, 1.165) is 59.5 Å². The van der Waals surface area contributed by atoms with Crippen molar-refractivity contribution in [2.75, 3.05) is 19.8 Å². The molecule has 2 aromatic heterocycles. The lowest BCUT2D eigenvalue weighted by molar-refractivity contribution is 0.0757. The van der Waals surface area contributed by atoms with Gasteiger partial charge in [0.2, 0.25) is 0 Å². The first-order chi connectivity index (χ1) is 16.1. The zero-order chi connectivity index (χ0) is 22.8. The van der Waals surface area contributed by atoms with Crippen molar-refractivity contribution in [1.82, 2.24) is 15.3 Å². The lowest BCUT2D eigenvalue weighted by atomic mass is 9.79. The van der Waals surface area contributed by atoms with E-state index in [1.54, 1.807) is 12.3 Å². The monoisotopic (exact) mass is 442 g/mol. The van der Waals surface area contributed by atoms with Gasteiger partial charge in [0.25, 0.3) is 5.91 Å². The molecule has 4 heterocycles. The standard InChI is InChI=1S/C26H26N4O3/c1-26(15-27)16-33-14-20-3-2-18(10-22(20)26)25(31)29-13-21-11-24-19(12-28-21)4-5-23(30-24)17-6-8-32-9-7-17/h2-5,10-12,17H,6-9,13-14,16H2,1H3,(H,29,31)/t26-/m1/s1. The third-order valence-electron chi connectivity index (χ3n) is 6.58. The summed E-state index contributed by atoms with van der Waals surface area (Å²) >= 11 is 0. The Balaban J connectivity index is 1.32. The summed E-state index contributed by atoms with van der Waals surface area (Å²) in [4.78, 5) is 22.2. The molecule has 0 radical (unpaired) electrons. The molecule has 168 valence electrons. The van der Waals surface area contributed by atoms with Crippen LogP contribution in [-0.2, 0) is 28.0 Å². The fourth-order valence-corrected chi connectivity index (χ4v) is 4.56. The molecular weight excluding hydrogens is 416 g/mol. The number of ether oxygens (including phenoxy) is 2. The SMILES string of the molecule is C[C@@]1(C#N)COCc2ccc(C(=O)NCc3cc4nc(C5CCOCC5)ccc4cn3)cc21. The first-order valence-corrected chi connectivity index (χ1v) is 11.3. The van der Waals surface area contributed by atoms with Crippen LogP contribution < -0.4 is 5.32 Å². The molecule has 0 bridgehead atoms. The number of fused-ring (bicyclic) bond motifs is 2. The Labute approximate surface area is 192 Å². The summed E-state index contributed by atoms with van der Waals surface area (Å²) in [5.74, 6) is 0.225. The lowest BCUT2D eigenvalue weighted by Crippen LogP contribution is -2.33. The Bertz CT molecular complexity index is 1250. The summed E-state index contributed by atoms with van der Waals surface area (Å²) in [6.07, 6.45) is 3.78. The summed E-state index contributed by atoms with van der Waals surface area (Å²) in [5, 5.41) is 13.5. The quantitative estimate of drug-likeness (QED) is 0.661. The summed E-state index contributed by atoms with van der Waals surface area (Å²) < 4.78 is 11.0. The number of carbonyl (C=O) groups excluding carboxylic acids is 1. The maximum absolute atomic E-state index is 12.8. The van der Waals surface area contributed by atoms with E-state index >= 15 is 0 Å². The van der Waals surface area contributed by atoms with Gasteiger partial charge >= 0.3 is 0 Å². The number of nitriles is 1. The van der Waals surface area contributed by atoms with Crippen LogP contribution in [0, 0.1) is 11.3 Å². The van der Waals surface area contributed by atoms with Gasteiger partial charge < -0.3 is 14.8 Å². The second-order valence-corrected chi connectivity index (χ2v) is 8.98. The number of pyridine rings is 2. The van der Waals surface area contributed by atoms with Gasteiger partial charge in [0.15, 0.2) is 0 Å². The van der Waals surface area contributed by atoms with Crippen molar-refractivity contribution in [1.29, 1.82) is 5.26 Å². The number of nitrogens with zero attached hydrogens (tertiary/aromatic N) is 3. The molecule has 0 aliphatic carbocycles. The van der Waals surface area contributed by atoms with Crippen molar-refractivity contribution < 1.29 is 14.3 Å². The maximum Gasteiger partial charge on any atom is 0.251 e.